The van der Waals surface area contributed by atoms with E-state index in [2.05, 4.69) is 5.32 Å². The second kappa shape index (κ2) is 6.71. The zero-order valence-corrected chi connectivity index (χ0v) is 12.6. The van der Waals surface area contributed by atoms with Crippen molar-refractivity contribution in [1.29, 1.82) is 0 Å². The third kappa shape index (κ3) is 3.92. The molecule has 21 heavy (non-hydrogen) atoms. The molecule has 1 unspecified atom stereocenters. The van der Waals surface area contributed by atoms with Crippen molar-refractivity contribution in [2.45, 2.75) is 25.3 Å². The minimum Gasteiger partial charge on any atom is -0.481 e. The van der Waals surface area contributed by atoms with Crippen LogP contribution in [-0.2, 0) is 19.6 Å². The first-order chi connectivity index (χ1) is 9.92. The molecule has 0 aliphatic carbocycles. The van der Waals surface area contributed by atoms with E-state index in [1.807, 2.05) is 0 Å². The van der Waals surface area contributed by atoms with Crippen molar-refractivity contribution in [2.24, 2.45) is 0 Å². The number of carbonyl (C=O) groups excluding carboxylic acids is 1. The van der Waals surface area contributed by atoms with Gasteiger partial charge in [0.2, 0.25) is 15.9 Å². The molecule has 120 valence electrons. The third-order valence-electron chi connectivity index (χ3n) is 3.85. The third-order valence-corrected chi connectivity index (χ3v) is 5.72. The number of rotatable bonds is 5. The average molecular weight is 319 g/mol. The molecule has 0 spiro atoms. The van der Waals surface area contributed by atoms with Crippen LogP contribution in [-0.4, -0.2) is 79.1 Å². The fraction of sp³-hybridized carbons (Fsp3) is 0.833. The maximum absolute atomic E-state index is 12.5. The lowest BCUT2D eigenvalue weighted by Gasteiger charge is -2.32. The van der Waals surface area contributed by atoms with Crippen LogP contribution in [0.15, 0.2) is 0 Å². The molecular weight excluding hydrogens is 298 g/mol. The molecule has 1 atom stereocenters. The monoisotopic (exact) mass is 319 g/mol. The van der Waals surface area contributed by atoms with Gasteiger partial charge in [0, 0.05) is 32.7 Å². The Morgan fingerprint density at radius 1 is 1.19 bits per heavy atom. The number of hydrogen-bond donors (Lipinski definition) is 2. The minimum absolute atomic E-state index is 0.159. The molecule has 2 rings (SSSR count). The van der Waals surface area contributed by atoms with Crippen LogP contribution in [0.1, 0.15) is 19.3 Å². The van der Waals surface area contributed by atoms with Crippen molar-refractivity contribution >= 4 is 21.9 Å². The van der Waals surface area contributed by atoms with Crippen molar-refractivity contribution in [1.82, 2.24) is 14.5 Å². The van der Waals surface area contributed by atoms with Crippen LogP contribution >= 0.6 is 0 Å². The number of amides is 1. The van der Waals surface area contributed by atoms with Gasteiger partial charge < -0.3 is 15.3 Å². The lowest BCUT2D eigenvalue weighted by Crippen LogP contribution is -2.53. The van der Waals surface area contributed by atoms with E-state index >= 15 is 0 Å². The molecule has 2 fully saturated rings. The Morgan fingerprint density at radius 2 is 1.86 bits per heavy atom. The molecule has 0 aromatic rings. The first-order valence-corrected chi connectivity index (χ1v) is 8.73. The highest BCUT2D eigenvalue weighted by Crippen LogP contribution is 2.23. The molecule has 1 amide bonds. The predicted molar refractivity (Wildman–Crippen MR) is 75.2 cm³/mol. The summed E-state index contributed by atoms with van der Waals surface area (Å²) >= 11 is 0. The largest absolute Gasteiger partial charge is 0.481 e. The van der Waals surface area contributed by atoms with E-state index in [1.165, 1.54) is 4.31 Å². The summed E-state index contributed by atoms with van der Waals surface area (Å²) in [7, 11) is -3.70. The molecule has 8 nitrogen and oxygen atoms in total. The van der Waals surface area contributed by atoms with Gasteiger partial charge in [0.05, 0.1) is 12.2 Å². The number of carbonyl (C=O) groups is 2. The molecule has 0 radical (unpaired) electrons. The highest BCUT2D eigenvalue weighted by atomic mass is 32.2. The Labute approximate surface area is 124 Å². The predicted octanol–water partition coefficient (Wildman–Crippen LogP) is -1.31. The number of carboxylic acid groups (broad SMARTS) is 1. The van der Waals surface area contributed by atoms with Crippen molar-refractivity contribution in [2.75, 3.05) is 38.5 Å². The van der Waals surface area contributed by atoms with Crippen LogP contribution in [0.4, 0.5) is 0 Å². The van der Waals surface area contributed by atoms with Gasteiger partial charge >= 0.3 is 5.97 Å². The topological polar surface area (TPSA) is 107 Å². The zero-order chi connectivity index (χ0) is 15.5. The summed E-state index contributed by atoms with van der Waals surface area (Å²) in [4.78, 5) is 24.7. The number of sulfonamides is 1. The second-order valence-corrected chi connectivity index (χ2v) is 7.34. The molecule has 0 aromatic heterocycles. The van der Waals surface area contributed by atoms with E-state index in [4.69, 9.17) is 5.11 Å². The Bertz CT molecular complexity index is 501. The normalized spacial score (nSPS) is 24.2. The lowest BCUT2D eigenvalue weighted by atomic mass is 10.2. The molecular formula is C12H21N3O5S. The van der Waals surface area contributed by atoms with E-state index in [0.717, 1.165) is 0 Å². The molecule has 9 heteroatoms. The van der Waals surface area contributed by atoms with Gasteiger partial charge in [-0.15, -0.1) is 0 Å². The Balaban J connectivity index is 2.05. The van der Waals surface area contributed by atoms with Gasteiger partial charge in [-0.25, -0.2) is 8.42 Å². The highest BCUT2D eigenvalue weighted by molar-refractivity contribution is 7.89. The molecule has 2 N–H and O–H groups in total. The molecule has 2 saturated heterocycles. The molecule has 0 bridgehead atoms. The van der Waals surface area contributed by atoms with E-state index < -0.39 is 34.2 Å². The highest BCUT2D eigenvalue weighted by Gasteiger charge is 2.40. The van der Waals surface area contributed by atoms with Gasteiger partial charge in [-0.1, -0.05) is 0 Å². The van der Waals surface area contributed by atoms with Crippen molar-refractivity contribution in [3.63, 3.8) is 0 Å². The van der Waals surface area contributed by atoms with Crippen LogP contribution in [0.3, 0.4) is 0 Å². The van der Waals surface area contributed by atoms with Gasteiger partial charge in [0.15, 0.2) is 0 Å². The molecule has 2 aliphatic heterocycles. The van der Waals surface area contributed by atoms with Crippen LogP contribution in [0.2, 0.25) is 0 Å². The van der Waals surface area contributed by atoms with Gasteiger partial charge in [0.25, 0.3) is 0 Å². The van der Waals surface area contributed by atoms with Crippen molar-refractivity contribution in [3.05, 3.63) is 0 Å². The fourth-order valence-corrected chi connectivity index (χ4v) is 4.41. The van der Waals surface area contributed by atoms with Crippen LogP contribution in [0.5, 0.6) is 0 Å². The second-order valence-electron chi connectivity index (χ2n) is 5.30. The molecule has 2 heterocycles. The van der Waals surface area contributed by atoms with Gasteiger partial charge in [-0.05, 0) is 12.8 Å². The van der Waals surface area contributed by atoms with Crippen LogP contribution in [0, 0.1) is 0 Å². The summed E-state index contributed by atoms with van der Waals surface area (Å²) in [5.41, 5.74) is 0. The summed E-state index contributed by atoms with van der Waals surface area (Å²) in [5, 5.41) is 11.8. The van der Waals surface area contributed by atoms with E-state index in [9.17, 15) is 18.0 Å². The molecule has 0 aromatic carbocycles. The summed E-state index contributed by atoms with van der Waals surface area (Å²) in [5.74, 6) is -1.76. The SMILES string of the molecule is O=C(O)CCS(=O)(=O)N1CCCC1C(=O)N1CCNCC1. The van der Waals surface area contributed by atoms with Gasteiger partial charge in [0.1, 0.15) is 6.04 Å². The average Bonchev–Trinajstić information content (AvgIpc) is 2.96. The smallest absolute Gasteiger partial charge is 0.304 e. The summed E-state index contributed by atoms with van der Waals surface area (Å²) in [6.07, 6.45) is 0.706. The summed E-state index contributed by atoms with van der Waals surface area (Å²) in [6, 6.07) is -0.665. The number of nitrogens with zero attached hydrogens (tertiary/aromatic N) is 2. The van der Waals surface area contributed by atoms with Crippen molar-refractivity contribution < 1.29 is 23.1 Å². The van der Waals surface area contributed by atoms with E-state index in [-0.39, 0.29) is 5.91 Å². The van der Waals surface area contributed by atoms with E-state index in [1.54, 1.807) is 4.90 Å². The number of hydrogen-bond acceptors (Lipinski definition) is 5. The Kier molecular flexibility index (Phi) is 5.17. The zero-order valence-electron chi connectivity index (χ0n) is 11.8. The number of piperazine rings is 1. The first-order valence-electron chi connectivity index (χ1n) is 7.12. The summed E-state index contributed by atoms with van der Waals surface area (Å²) in [6.45, 7) is 2.88. The summed E-state index contributed by atoms with van der Waals surface area (Å²) < 4.78 is 25.6. The minimum atomic E-state index is -3.70. The van der Waals surface area contributed by atoms with Crippen LogP contribution in [0.25, 0.3) is 0 Å². The Morgan fingerprint density at radius 3 is 2.48 bits per heavy atom. The molecule has 0 saturated carbocycles. The van der Waals surface area contributed by atoms with Gasteiger partial charge in [-0.3, -0.25) is 9.59 Å². The fourth-order valence-electron chi connectivity index (χ4n) is 2.75. The van der Waals surface area contributed by atoms with Crippen LogP contribution < -0.4 is 5.32 Å². The molecule has 2 aliphatic rings. The van der Waals surface area contributed by atoms with E-state index in [0.29, 0.717) is 45.6 Å². The standard InChI is InChI=1S/C12H21N3O5S/c16-11(17)3-9-21(19,20)15-6-1-2-10(15)12(18)14-7-4-13-5-8-14/h10,13H,1-9H2,(H,16,17). The number of nitrogens with one attached hydrogen (secondary N) is 1. The quantitative estimate of drug-likeness (QED) is 0.651. The Hall–Kier alpha value is -1.19. The first kappa shape index (κ1) is 16.2. The number of aliphatic carboxylic acids is 1. The maximum atomic E-state index is 12.5. The van der Waals surface area contributed by atoms with Gasteiger partial charge in [-0.2, -0.15) is 4.31 Å². The van der Waals surface area contributed by atoms with Crippen molar-refractivity contribution in [3.8, 4) is 0 Å². The number of carboxylic acids is 1. The maximum Gasteiger partial charge on any atom is 0.304 e. The lowest BCUT2D eigenvalue weighted by molar-refractivity contribution is -0.136.